The van der Waals surface area contributed by atoms with Crippen molar-refractivity contribution in [1.29, 1.82) is 0 Å². The lowest BCUT2D eigenvalue weighted by molar-refractivity contribution is -0.105. The molecule has 0 aromatic rings. The maximum atomic E-state index is 10.6. The molecule has 2 heteroatoms. The summed E-state index contributed by atoms with van der Waals surface area (Å²) in [5.41, 5.74) is 2.29. The molecule has 3 atom stereocenters. The van der Waals surface area contributed by atoms with Gasteiger partial charge in [-0.1, -0.05) is 18.9 Å². The summed E-state index contributed by atoms with van der Waals surface area (Å²) in [6.07, 6.45) is 6.59. The van der Waals surface area contributed by atoms with E-state index in [2.05, 4.69) is 6.92 Å². The molecule has 2 N–H and O–H groups in total. The second-order valence-electron chi connectivity index (χ2n) is 6.66. The lowest BCUT2D eigenvalue weighted by atomic mass is 9.54. The van der Waals surface area contributed by atoms with E-state index in [-0.39, 0.29) is 6.61 Å². The maximum Gasteiger partial charge on any atom is 0.0656 e. The van der Waals surface area contributed by atoms with Crippen LogP contribution in [0.3, 0.4) is 0 Å². The lowest BCUT2D eigenvalue weighted by Gasteiger charge is -2.53. The summed E-state index contributed by atoms with van der Waals surface area (Å²) in [5.74, 6) is 0.369. The number of allylic oxidation sites excluding steroid dienone is 1. The first kappa shape index (κ1) is 13.1. The molecule has 0 unspecified atom stereocenters. The quantitative estimate of drug-likeness (QED) is 0.689. The van der Waals surface area contributed by atoms with Gasteiger partial charge in [-0.15, -0.1) is 0 Å². The van der Waals surface area contributed by atoms with Gasteiger partial charge in [0.05, 0.1) is 12.2 Å². The summed E-state index contributed by atoms with van der Waals surface area (Å²) < 4.78 is 0. The number of hydrogen-bond donors (Lipinski definition) is 2. The van der Waals surface area contributed by atoms with E-state index in [0.29, 0.717) is 11.3 Å². The lowest BCUT2D eigenvalue weighted by Crippen LogP contribution is -2.50. The first-order valence-corrected chi connectivity index (χ1v) is 6.90. The Morgan fingerprint density at radius 3 is 2.65 bits per heavy atom. The van der Waals surface area contributed by atoms with Crippen molar-refractivity contribution in [2.24, 2.45) is 11.3 Å². The molecular formula is C15H26O2. The van der Waals surface area contributed by atoms with Crippen molar-refractivity contribution in [3.63, 3.8) is 0 Å². The summed E-state index contributed by atoms with van der Waals surface area (Å²) in [4.78, 5) is 0. The highest BCUT2D eigenvalue weighted by atomic mass is 16.3. The molecule has 2 aliphatic carbocycles. The molecular weight excluding hydrogens is 212 g/mol. The number of aliphatic hydroxyl groups excluding tert-OH is 1. The molecule has 2 saturated carbocycles. The molecule has 2 nitrogen and oxygen atoms in total. The van der Waals surface area contributed by atoms with E-state index < -0.39 is 5.60 Å². The molecule has 17 heavy (non-hydrogen) atoms. The molecule has 0 aromatic heterocycles. The van der Waals surface area contributed by atoms with E-state index in [4.69, 9.17) is 0 Å². The second kappa shape index (κ2) is 4.40. The van der Waals surface area contributed by atoms with Gasteiger partial charge in [0.25, 0.3) is 0 Å². The Kier molecular flexibility index (Phi) is 3.39. The van der Waals surface area contributed by atoms with Gasteiger partial charge in [-0.2, -0.15) is 0 Å². The Bertz CT molecular complexity index is 330. The van der Waals surface area contributed by atoms with Crippen molar-refractivity contribution in [1.82, 2.24) is 0 Å². The fraction of sp³-hybridized carbons (Fsp3) is 0.867. The minimum atomic E-state index is -0.519. The van der Waals surface area contributed by atoms with E-state index in [0.717, 1.165) is 31.3 Å². The van der Waals surface area contributed by atoms with Crippen LogP contribution in [0.4, 0.5) is 0 Å². The third-order valence-electron chi connectivity index (χ3n) is 5.31. The van der Waals surface area contributed by atoms with Gasteiger partial charge >= 0.3 is 0 Å². The molecule has 2 aliphatic rings. The molecule has 0 heterocycles. The first-order chi connectivity index (χ1) is 7.89. The highest BCUT2D eigenvalue weighted by molar-refractivity contribution is 5.19. The second-order valence-corrected chi connectivity index (χ2v) is 6.66. The van der Waals surface area contributed by atoms with E-state index in [1.807, 2.05) is 13.8 Å². The van der Waals surface area contributed by atoms with Gasteiger partial charge in [-0.05, 0) is 62.9 Å². The molecule has 0 bridgehead atoms. The zero-order chi connectivity index (χ0) is 12.7. The Labute approximate surface area is 105 Å². The molecule has 0 aromatic carbocycles. The van der Waals surface area contributed by atoms with Crippen molar-refractivity contribution in [2.75, 3.05) is 6.61 Å². The molecule has 0 aliphatic heterocycles. The van der Waals surface area contributed by atoms with E-state index in [9.17, 15) is 10.2 Å². The topological polar surface area (TPSA) is 40.5 Å². The normalized spacial score (nSPS) is 45.4. The van der Waals surface area contributed by atoms with Crippen LogP contribution in [0.15, 0.2) is 11.1 Å². The van der Waals surface area contributed by atoms with Gasteiger partial charge in [0.15, 0.2) is 0 Å². The predicted molar refractivity (Wildman–Crippen MR) is 69.7 cm³/mol. The number of hydrogen-bond acceptors (Lipinski definition) is 2. The van der Waals surface area contributed by atoms with Gasteiger partial charge in [0, 0.05) is 0 Å². The van der Waals surface area contributed by atoms with Crippen molar-refractivity contribution in [2.45, 2.75) is 64.9 Å². The van der Waals surface area contributed by atoms with E-state index >= 15 is 0 Å². The first-order valence-electron chi connectivity index (χ1n) is 6.90. The van der Waals surface area contributed by atoms with Crippen molar-refractivity contribution >= 4 is 0 Å². The van der Waals surface area contributed by atoms with Gasteiger partial charge in [-0.25, -0.2) is 0 Å². The van der Waals surface area contributed by atoms with Crippen LogP contribution in [-0.2, 0) is 0 Å². The van der Waals surface area contributed by atoms with Crippen LogP contribution < -0.4 is 0 Å². The van der Waals surface area contributed by atoms with Crippen LogP contribution in [0.2, 0.25) is 0 Å². The van der Waals surface area contributed by atoms with Crippen LogP contribution in [-0.4, -0.2) is 22.4 Å². The van der Waals surface area contributed by atoms with Crippen molar-refractivity contribution in [3.05, 3.63) is 11.1 Å². The number of fused-ring (bicyclic) bond motifs is 1. The zero-order valence-electron chi connectivity index (χ0n) is 11.4. The summed E-state index contributed by atoms with van der Waals surface area (Å²) in [7, 11) is 0. The molecule has 2 fully saturated rings. The Hall–Kier alpha value is -0.340. The average Bonchev–Trinajstić information content (AvgIpc) is 2.27. The average molecular weight is 238 g/mol. The fourth-order valence-corrected chi connectivity index (χ4v) is 4.00. The van der Waals surface area contributed by atoms with Gasteiger partial charge in [0.1, 0.15) is 0 Å². The summed E-state index contributed by atoms with van der Waals surface area (Å²) >= 11 is 0. The Morgan fingerprint density at radius 2 is 2.00 bits per heavy atom. The number of aliphatic hydroxyl groups is 2. The SMILES string of the molecule is CC(CO)=C1CC[C@]2(C)CCC[C@](C)(O)[C@H]2C1. The van der Waals surface area contributed by atoms with Crippen LogP contribution in [0.5, 0.6) is 0 Å². The molecule has 0 spiro atoms. The third-order valence-corrected chi connectivity index (χ3v) is 5.31. The minimum absolute atomic E-state index is 0.168. The van der Waals surface area contributed by atoms with Crippen molar-refractivity contribution < 1.29 is 10.2 Å². The van der Waals surface area contributed by atoms with Crippen molar-refractivity contribution in [3.8, 4) is 0 Å². The Morgan fingerprint density at radius 1 is 1.29 bits per heavy atom. The van der Waals surface area contributed by atoms with Gasteiger partial charge in [0.2, 0.25) is 0 Å². The highest BCUT2D eigenvalue weighted by Gasteiger charge is 2.49. The van der Waals surface area contributed by atoms with Crippen LogP contribution in [0.1, 0.15) is 59.3 Å². The smallest absolute Gasteiger partial charge is 0.0656 e. The zero-order valence-corrected chi connectivity index (χ0v) is 11.4. The van der Waals surface area contributed by atoms with Gasteiger partial charge < -0.3 is 10.2 Å². The number of rotatable bonds is 1. The van der Waals surface area contributed by atoms with Crippen LogP contribution in [0, 0.1) is 11.3 Å². The molecule has 0 radical (unpaired) electrons. The van der Waals surface area contributed by atoms with E-state index in [1.165, 1.54) is 18.4 Å². The summed E-state index contributed by atoms with van der Waals surface area (Å²) in [6, 6.07) is 0. The van der Waals surface area contributed by atoms with Crippen LogP contribution in [0.25, 0.3) is 0 Å². The summed E-state index contributed by atoms with van der Waals surface area (Å²) in [5, 5.41) is 19.9. The van der Waals surface area contributed by atoms with E-state index in [1.54, 1.807) is 0 Å². The maximum absolute atomic E-state index is 10.6. The highest BCUT2D eigenvalue weighted by Crippen LogP contribution is 2.55. The third kappa shape index (κ3) is 2.30. The Balaban J connectivity index is 2.26. The standard InChI is InChI=1S/C15H26O2/c1-11(10-16)12-5-8-14(2)6-4-7-15(3,17)13(14)9-12/h13,16-17H,4-10H2,1-3H3/t13-,14-,15-/m0/s1. The largest absolute Gasteiger partial charge is 0.392 e. The molecule has 98 valence electrons. The fourth-order valence-electron chi connectivity index (χ4n) is 4.00. The predicted octanol–water partition coefficient (Wildman–Crippen LogP) is 3.04. The molecule has 0 amide bonds. The monoisotopic (exact) mass is 238 g/mol. The summed E-state index contributed by atoms with van der Waals surface area (Å²) in [6.45, 7) is 6.54. The van der Waals surface area contributed by atoms with Gasteiger partial charge in [-0.3, -0.25) is 0 Å². The van der Waals surface area contributed by atoms with Crippen LogP contribution >= 0.6 is 0 Å². The molecule has 2 rings (SSSR count). The molecule has 0 saturated heterocycles. The minimum Gasteiger partial charge on any atom is -0.392 e.